The van der Waals surface area contributed by atoms with Gasteiger partial charge in [-0.2, -0.15) is 0 Å². The average molecular weight is 360 g/mol. The third-order valence-electron chi connectivity index (χ3n) is 7.21. The van der Waals surface area contributed by atoms with Crippen molar-refractivity contribution >= 4 is 0 Å². The maximum atomic E-state index is 14.8. The maximum absolute atomic E-state index is 14.8. The molecule has 5 unspecified atom stereocenters. The number of benzene rings is 1. The molecule has 3 aliphatic rings. The summed E-state index contributed by atoms with van der Waals surface area (Å²) in [5, 5.41) is 3.37. The van der Waals surface area contributed by atoms with Crippen LogP contribution in [0.15, 0.2) is 18.2 Å². The monoisotopic (exact) mass is 359 g/mol. The predicted octanol–water partition coefficient (Wildman–Crippen LogP) is 5.93. The fourth-order valence-electron chi connectivity index (χ4n) is 5.57. The smallest absolute Gasteiger partial charge is 0.137 e. The van der Waals surface area contributed by atoms with Crippen molar-refractivity contribution in [2.45, 2.75) is 83.4 Å². The molecule has 1 saturated heterocycles. The second-order valence-electron chi connectivity index (χ2n) is 9.62. The Morgan fingerprint density at radius 2 is 1.88 bits per heavy atom. The quantitative estimate of drug-likeness (QED) is 0.722. The van der Waals surface area contributed by atoms with Gasteiger partial charge in [-0.05, 0) is 81.3 Å². The molecule has 1 aliphatic heterocycles. The van der Waals surface area contributed by atoms with E-state index in [2.05, 4.69) is 32.2 Å². The zero-order chi connectivity index (χ0) is 18.3. The maximum Gasteiger partial charge on any atom is 0.137 e. The molecule has 0 radical (unpaired) electrons. The van der Waals surface area contributed by atoms with Gasteiger partial charge >= 0.3 is 0 Å². The zero-order valence-electron chi connectivity index (χ0n) is 16.6. The fourth-order valence-corrected chi connectivity index (χ4v) is 5.57. The van der Waals surface area contributed by atoms with Crippen LogP contribution in [0.5, 0.6) is 0 Å². The zero-order valence-corrected chi connectivity index (χ0v) is 16.6. The highest BCUT2D eigenvalue weighted by Gasteiger charge is 2.36. The largest absolute Gasteiger partial charge is 0.357 e. The van der Waals surface area contributed by atoms with E-state index in [1.807, 2.05) is 6.07 Å². The molecule has 2 saturated carbocycles. The highest BCUT2D eigenvalue weighted by Crippen LogP contribution is 2.48. The molecular weight excluding hydrogens is 325 g/mol. The number of halogens is 1. The highest BCUT2D eigenvalue weighted by molar-refractivity contribution is 5.29. The van der Waals surface area contributed by atoms with Gasteiger partial charge in [-0.1, -0.05) is 31.9 Å². The number of hydrogen-bond acceptors (Lipinski definition) is 2. The minimum Gasteiger partial charge on any atom is -0.357 e. The van der Waals surface area contributed by atoms with Crippen LogP contribution in [0.3, 0.4) is 0 Å². The molecule has 4 rings (SSSR count). The van der Waals surface area contributed by atoms with Gasteiger partial charge in [0.1, 0.15) is 12.0 Å². The molecule has 0 spiro atoms. The molecule has 5 atom stereocenters. The summed E-state index contributed by atoms with van der Waals surface area (Å²) in [6.07, 6.45) is 9.05. The lowest BCUT2D eigenvalue weighted by molar-refractivity contribution is 0.0958. The van der Waals surface area contributed by atoms with Crippen molar-refractivity contribution in [3.05, 3.63) is 35.1 Å². The lowest BCUT2D eigenvalue weighted by atomic mass is 9.63. The first kappa shape index (κ1) is 18.4. The molecule has 3 fully saturated rings. The first-order valence-electron chi connectivity index (χ1n) is 10.6. The van der Waals surface area contributed by atoms with E-state index in [0.717, 1.165) is 17.8 Å². The number of rotatable bonds is 3. The molecular formula is C23H34FNO. The van der Waals surface area contributed by atoms with Crippen molar-refractivity contribution in [2.24, 2.45) is 17.8 Å². The SMILES string of the molecule is CCC1CCC2CC(c3ccc(C4NC(C)(C)CO4)c(F)c3)CCC2C1. The Bertz CT molecular complexity index is 643. The lowest BCUT2D eigenvalue weighted by Crippen LogP contribution is -2.36. The number of hydrogen-bond donors (Lipinski definition) is 1. The van der Waals surface area contributed by atoms with Gasteiger partial charge in [-0.3, -0.25) is 5.32 Å². The molecule has 2 aliphatic carbocycles. The fraction of sp³-hybridized carbons (Fsp3) is 0.739. The molecule has 1 aromatic carbocycles. The van der Waals surface area contributed by atoms with Gasteiger partial charge in [0.05, 0.1) is 6.61 Å². The summed E-state index contributed by atoms with van der Waals surface area (Å²) in [4.78, 5) is 0. The standard InChI is InChI=1S/C23H34FNO/c1-4-15-5-6-17-12-18(8-7-16(17)11-15)19-9-10-20(21(24)13-19)22-25-23(2,3)14-26-22/h9-10,13,15-18,22,25H,4-8,11-12,14H2,1-3H3. The Hall–Kier alpha value is -0.930. The van der Waals surface area contributed by atoms with E-state index < -0.39 is 0 Å². The summed E-state index contributed by atoms with van der Waals surface area (Å²) in [7, 11) is 0. The van der Waals surface area contributed by atoms with Gasteiger partial charge < -0.3 is 4.74 Å². The molecule has 3 heteroatoms. The van der Waals surface area contributed by atoms with Crippen LogP contribution in [0.2, 0.25) is 0 Å². The van der Waals surface area contributed by atoms with Crippen LogP contribution in [-0.2, 0) is 4.74 Å². The minimum absolute atomic E-state index is 0.0918. The average Bonchev–Trinajstić information content (AvgIpc) is 3.00. The summed E-state index contributed by atoms with van der Waals surface area (Å²) < 4.78 is 20.6. The van der Waals surface area contributed by atoms with Crippen molar-refractivity contribution < 1.29 is 9.13 Å². The van der Waals surface area contributed by atoms with Crippen molar-refractivity contribution in [1.82, 2.24) is 5.32 Å². The third kappa shape index (κ3) is 3.71. The summed E-state index contributed by atoms with van der Waals surface area (Å²) in [5.74, 6) is 3.15. The van der Waals surface area contributed by atoms with E-state index in [0.29, 0.717) is 18.1 Å². The van der Waals surface area contributed by atoms with E-state index in [-0.39, 0.29) is 17.6 Å². The van der Waals surface area contributed by atoms with Crippen molar-refractivity contribution in [3.8, 4) is 0 Å². The second-order valence-corrected chi connectivity index (χ2v) is 9.62. The molecule has 0 aromatic heterocycles. The van der Waals surface area contributed by atoms with E-state index in [1.165, 1.54) is 50.5 Å². The van der Waals surface area contributed by atoms with E-state index >= 15 is 0 Å². The summed E-state index contributed by atoms with van der Waals surface area (Å²) in [6.45, 7) is 7.13. The molecule has 0 bridgehead atoms. The van der Waals surface area contributed by atoms with Crippen molar-refractivity contribution in [1.29, 1.82) is 0 Å². The van der Waals surface area contributed by atoms with Gasteiger partial charge in [-0.15, -0.1) is 0 Å². The third-order valence-corrected chi connectivity index (χ3v) is 7.21. The second kappa shape index (κ2) is 7.24. The Balaban J connectivity index is 1.44. The summed E-state index contributed by atoms with van der Waals surface area (Å²) in [6, 6.07) is 5.88. The van der Waals surface area contributed by atoms with Gasteiger partial charge in [0.15, 0.2) is 0 Å². The van der Waals surface area contributed by atoms with E-state index in [9.17, 15) is 4.39 Å². The molecule has 1 heterocycles. The minimum atomic E-state index is -0.320. The lowest BCUT2D eigenvalue weighted by Gasteiger charge is -2.42. The molecule has 2 nitrogen and oxygen atoms in total. The Labute approximate surface area is 157 Å². The van der Waals surface area contributed by atoms with Crippen LogP contribution < -0.4 is 5.32 Å². The van der Waals surface area contributed by atoms with Crippen LogP contribution >= 0.6 is 0 Å². The Morgan fingerprint density at radius 3 is 2.58 bits per heavy atom. The first-order valence-corrected chi connectivity index (χ1v) is 10.6. The highest BCUT2D eigenvalue weighted by atomic mass is 19.1. The molecule has 26 heavy (non-hydrogen) atoms. The van der Waals surface area contributed by atoms with Gasteiger partial charge in [0, 0.05) is 11.1 Å². The Kier molecular flexibility index (Phi) is 5.13. The summed E-state index contributed by atoms with van der Waals surface area (Å²) >= 11 is 0. The molecule has 1 aromatic rings. The topological polar surface area (TPSA) is 21.3 Å². The number of ether oxygens (including phenoxy) is 1. The van der Waals surface area contributed by atoms with Crippen molar-refractivity contribution in [3.63, 3.8) is 0 Å². The van der Waals surface area contributed by atoms with Crippen molar-refractivity contribution in [2.75, 3.05) is 6.61 Å². The normalized spacial score (nSPS) is 36.7. The van der Waals surface area contributed by atoms with Gasteiger partial charge in [0.2, 0.25) is 0 Å². The van der Waals surface area contributed by atoms with E-state index in [1.54, 1.807) is 6.07 Å². The summed E-state index contributed by atoms with van der Waals surface area (Å²) in [5.41, 5.74) is 1.75. The van der Waals surface area contributed by atoms with Crippen LogP contribution in [0.4, 0.5) is 4.39 Å². The van der Waals surface area contributed by atoms with Crippen LogP contribution in [0.1, 0.15) is 89.0 Å². The van der Waals surface area contributed by atoms with E-state index in [4.69, 9.17) is 4.74 Å². The number of nitrogens with one attached hydrogen (secondary N) is 1. The first-order chi connectivity index (χ1) is 12.4. The number of fused-ring (bicyclic) bond motifs is 1. The Morgan fingerprint density at radius 1 is 1.12 bits per heavy atom. The van der Waals surface area contributed by atoms with Crippen LogP contribution in [0.25, 0.3) is 0 Å². The molecule has 0 amide bonds. The van der Waals surface area contributed by atoms with Gasteiger partial charge in [-0.25, -0.2) is 4.39 Å². The molecule has 1 N–H and O–H groups in total. The van der Waals surface area contributed by atoms with Crippen LogP contribution in [-0.4, -0.2) is 12.1 Å². The predicted molar refractivity (Wildman–Crippen MR) is 104 cm³/mol. The van der Waals surface area contributed by atoms with Crippen LogP contribution in [0, 0.1) is 23.6 Å². The molecule has 144 valence electrons. The van der Waals surface area contributed by atoms with Gasteiger partial charge in [0.25, 0.3) is 0 Å².